The molecule has 0 aliphatic heterocycles. The van der Waals surface area contributed by atoms with Crippen molar-refractivity contribution in [3.05, 3.63) is 47.3 Å². The van der Waals surface area contributed by atoms with E-state index in [-0.39, 0.29) is 11.7 Å². The van der Waals surface area contributed by atoms with Gasteiger partial charge in [0.25, 0.3) is 0 Å². The maximum Gasteiger partial charge on any atom is 0.161 e. The third kappa shape index (κ3) is 4.29. The van der Waals surface area contributed by atoms with E-state index in [1.807, 2.05) is 58.0 Å². The number of hydrogen-bond acceptors (Lipinski definition) is 4. The van der Waals surface area contributed by atoms with Gasteiger partial charge in [0.05, 0.1) is 17.6 Å². The van der Waals surface area contributed by atoms with E-state index in [0.29, 0.717) is 19.7 Å². The Labute approximate surface area is 155 Å². The molecule has 1 heterocycles. The predicted octanol–water partition coefficient (Wildman–Crippen LogP) is 3.72. The van der Waals surface area contributed by atoms with E-state index in [2.05, 4.69) is 4.57 Å². The van der Waals surface area contributed by atoms with Crippen LogP contribution in [0.3, 0.4) is 0 Å². The Morgan fingerprint density at radius 2 is 2.12 bits per heavy atom. The highest BCUT2D eigenvalue weighted by Gasteiger charge is 2.16. The number of imidazole rings is 1. The Kier molecular flexibility index (Phi) is 6.89. The monoisotopic (exact) mass is 355 g/mol. The summed E-state index contributed by atoms with van der Waals surface area (Å²) in [6, 6.07) is 6.09. The third-order valence-corrected chi connectivity index (χ3v) is 4.42. The minimum atomic E-state index is -0.0243. The van der Waals surface area contributed by atoms with Crippen LogP contribution in [-0.4, -0.2) is 29.1 Å². The molecule has 0 fully saturated rings. The van der Waals surface area contributed by atoms with Crippen LogP contribution in [0.5, 0.6) is 0 Å². The molecule has 2 rings (SSSR count). The predicted molar refractivity (Wildman–Crippen MR) is 107 cm³/mol. The van der Waals surface area contributed by atoms with Gasteiger partial charge < -0.3 is 15.0 Å². The number of fused-ring (bicyclic) bond motifs is 1. The summed E-state index contributed by atoms with van der Waals surface area (Å²) in [5.74, 6) is 0.961. The number of Topliss-reactive ketones (excluding diaryl/α,β-unsaturated/α-hetero) is 1. The summed E-state index contributed by atoms with van der Waals surface area (Å²) in [7, 11) is 1.69. The molecule has 0 radical (unpaired) electrons. The lowest BCUT2D eigenvalue weighted by Crippen LogP contribution is -2.10. The summed E-state index contributed by atoms with van der Waals surface area (Å²) in [5.41, 5.74) is 10.4. The van der Waals surface area contributed by atoms with Crippen molar-refractivity contribution in [2.45, 2.75) is 40.8 Å². The maximum absolute atomic E-state index is 12.3. The quantitative estimate of drug-likeness (QED) is 0.579. The van der Waals surface area contributed by atoms with Gasteiger partial charge in [-0.2, -0.15) is 0 Å². The van der Waals surface area contributed by atoms with Crippen molar-refractivity contribution in [1.29, 1.82) is 0 Å². The molecule has 5 nitrogen and oxygen atoms in total. The van der Waals surface area contributed by atoms with E-state index in [4.69, 9.17) is 15.5 Å². The van der Waals surface area contributed by atoms with Crippen molar-refractivity contribution < 1.29 is 9.53 Å². The van der Waals surface area contributed by atoms with E-state index < -0.39 is 0 Å². The van der Waals surface area contributed by atoms with Gasteiger partial charge in [-0.05, 0) is 43.2 Å². The topological polar surface area (TPSA) is 70.1 Å². The second-order valence-corrected chi connectivity index (χ2v) is 6.70. The summed E-state index contributed by atoms with van der Waals surface area (Å²) in [6.45, 7) is 9.40. The van der Waals surface area contributed by atoms with Crippen LogP contribution in [0.25, 0.3) is 16.6 Å². The minimum absolute atomic E-state index is 0.0243. The number of nitrogens with zero attached hydrogens (tertiary/aromatic N) is 2. The van der Waals surface area contributed by atoms with Gasteiger partial charge in [-0.1, -0.05) is 26.0 Å². The van der Waals surface area contributed by atoms with Crippen LogP contribution in [0.1, 0.15) is 39.1 Å². The van der Waals surface area contributed by atoms with Crippen molar-refractivity contribution in [2.75, 3.05) is 13.7 Å². The Morgan fingerprint density at radius 3 is 2.69 bits per heavy atom. The number of ketones is 1. The van der Waals surface area contributed by atoms with Crippen LogP contribution in [0, 0.1) is 5.92 Å². The number of aromatic nitrogens is 2. The van der Waals surface area contributed by atoms with Crippen LogP contribution in [0.15, 0.2) is 35.9 Å². The van der Waals surface area contributed by atoms with Crippen LogP contribution in [0.2, 0.25) is 0 Å². The van der Waals surface area contributed by atoms with Gasteiger partial charge in [-0.25, -0.2) is 4.98 Å². The first kappa shape index (κ1) is 20.1. The van der Waals surface area contributed by atoms with E-state index in [1.54, 1.807) is 7.11 Å². The summed E-state index contributed by atoms with van der Waals surface area (Å²) in [4.78, 5) is 17.1. The Hall–Kier alpha value is -2.24. The van der Waals surface area contributed by atoms with Crippen LogP contribution in [0.4, 0.5) is 0 Å². The maximum atomic E-state index is 12.3. The smallest absolute Gasteiger partial charge is 0.161 e. The van der Waals surface area contributed by atoms with Crippen molar-refractivity contribution in [2.24, 2.45) is 11.7 Å². The number of rotatable bonds is 8. The molecule has 0 saturated heterocycles. The largest absolute Gasteiger partial charge is 0.383 e. The fourth-order valence-corrected chi connectivity index (χ4v) is 2.97. The number of carbonyl (C=O) groups excluding carboxylic acids is 1. The number of benzene rings is 1. The molecule has 5 heteroatoms. The number of hydrogen-bond donors (Lipinski definition) is 1. The molecule has 2 N–H and O–H groups in total. The average Bonchev–Trinajstić information content (AvgIpc) is 3.00. The molecule has 0 saturated carbocycles. The summed E-state index contributed by atoms with van der Waals surface area (Å²) in [6.07, 6.45) is 3.92. The van der Waals surface area contributed by atoms with Crippen LogP contribution < -0.4 is 5.73 Å². The molecule has 1 aromatic carbocycles. The first-order valence-electron chi connectivity index (χ1n) is 9.00. The SMILES string of the molecule is C/C=C(\C=C(\C)C(=O)C(C)C)c1nc2cc(CN)ccc2n1CCOC. The van der Waals surface area contributed by atoms with Gasteiger partial charge in [-0.3, -0.25) is 4.79 Å². The second kappa shape index (κ2) is 8.92. The number of methoxy groups -OCH3 is 1. The van der Waals surface area contributed by atoms with Gasteiger partial charge in [0.15, 0.2) is 5.78 Å². The molecular weight excluding hydrogens is 326 g/mol. The van der Waals surface area contributed by atoms with Crippen molar-refractivity contribution >= 4 is 22.4 Å². The highest BCUT2D eigenvalue weighted by Crippen LogP contribution is 2.25. The van der Waals surface area contributed by atoms with Crippen molar-refractivity contribution in [1.82, 2.24) is 9.55 Å². The second-order valence-electron chi connectivity index (χ2n) is 6.70. The molecule has 0 atom stereocenters. The van der Waals surface area contributed by atoms with Crippen LogP contribution >= 0.6 is 0 Å². The Morgan fingerprint density at radius 1 is 1.38 bits per heavy atom. The number of ether oxygens (including phenoxy) is 1. The van der Waals surface area contributed by atoms with Gasteiger partial charge in [0, 0.05) is 31.7 Å². The molecule has 0 amide bonds. The van der Waals surface area contributed by atoms with Crippen molar-refractivity contribution in [3.63, 3.8) is 0 Å². The highest BCUT2D eigenvalue weighted by molar-refractivity contribution is 5.98. The lowest BCUT2D eigenvalue weighted by atomic mass is 10.00. The van der Waals surface area contributed by atoms with Gasteiger partial charge in [0.2, 0.25) is 0 Å². The Balaban J connectivity index is 2.57. The van der Waals surface area contributed by atoms with Crippen molar-refractivity contribution in [3.8, 4) is 0 Å². The molecule has 0 aliphatic carbocycles. The fraction of sp³-hybridized carbons (Fsp3) is 0.429. The normalized spacial score (nSPS) is 13.0. The molecule has 0 bridgehead atoms. The number of nitrogens with two attached hydrogens (primary N) is 1. The molecule has 140 valence electrons. The van der Waals surface area contributed by atoms with E-state index >= 15 is 0 Å². The lowest BCUT2D eigenvalue weighted by molar-refractivity contribution is -0.118. The zero-order valence-corrected chi connectivity index (χ0v) is 16.4. The molecule has 1 aromatic heterocycles. The first-order valence-corrected chi connectivity index (χ1v) is 9.00. The Bertz CT molecular complexity index is 844. The summed E-state index contributed by atoms with van der Waals surface area (Å²) in [5, 5.41) is 0. The number of carbonyl (C=O) groups is 1. The molecule has 0 spiro atoms. The fourth-order valence-electron chi connectivity index (χ4n) is 2.97. The minimum Gasteiger partial charge on any atom is -0.383 e. The van der Waals surface area contributed by atoms with E-state index in [9.17, 15) is 4.79 Å². The first-order chi connectivity index (χ1) is 12.4. The lowest BCUT2D eigenvalue weighted by Gasteiger charge is -2.11. The zero-order valence-electron chi connectivity index (χ0n) is 16.4. The third-order valence-electron chi connectivity index (χ3n) is 4.42. The molecule has 0 unspecified atom stereocenters. The van der Waals surface area contributed by atoms with E-state index in [1.165, 1.54) is 0 Å². The summed E-state index contributed by atoms with van der Waals surface area (Å²) < 4.78 is 7.41. The molecule has 2 aromatic rings. The summed E-state index contributed by atoms with van der Waals surface area (Å²) >= 11 is 0. The molecular formula is C21H29N3O2. The number of allylic oxidation sites excluding steroid dienone is 4. The van der Waals surface area contributed by atoms with Gasteiger partial charge in [-0.15, -0.1) is 0 Å². The van der Waals surface area contributed by atoms with Crippen LogP contribution in [-0.2, 0) is 22.6 Å². The average molecular weight is 355 g/mol. The molecule has 26 heavy (non-hydrogen) atoms. The zero-order chi connectivity index (χ0) is 19.3. The highest BCUT2D eigenvalue weighted by atomic mass is 16.5. The van der Waals surface area contributed by atoms with Gasteiger partial charge >= 0.3 is 0 Å². The standard InChI is InChI=1S/C21H29N3O2/c1-6-17(11-15(4)20(25)14(2)3)21-23-18-12-16(13-22)7-8-19(18)24(21)9-10-26-5/h6-8,11-12,14H,9-10,13,22H2,1-5H3/b15-11-,17-6+. The molecule has 0 aliphatic rings. The van der Waals surface area contributed by atoms with Gasteiger partial charge in [0.1, 0.15) is 5.82 Å². The van der Waals surface area contributed by atoms with E-state index in [0.717, 1.165) is 33.6 Å².